The zero-order chi connectivity index (χ0) is 12.4. The first kappa shape index (κ1) is 12.9. The molecule has 90 valence electrons. The van der Waals surface area contributed by atoms with Crippen LogP contribution in [0.1, 0.15) is 0 Å². The van der Waals surface area contributed by atoms with Crippen molar-refractivity contribution in [1.29, 1.82) is 0 Å². The summed E-state index contributed by atoms with van der Waals surface area (Å²) in [5, 5.41) is 1.40. The number of hydrogen-bond donors (Lipinski definition) is 1. The third kappa shape index (κ3) is 3.18. The van der Waals surface area contributed by atoms with Gasteiger partial charge in [-0.3, -0.25) is 0 Å². The Morgan fingerprint density at radius 1 is 1.44 bits per heavy atom. The number of nitrogens with one attached hydrogen (secondary N) is 1. The Balaban J connectivity index is 2.67. The van der Waals surface area contributed by atoms with Crippen molar-refractivity contribution in [3.05, 3.63) is 17.5 Å². The Morgan fingerprint density at radius 2 is 2.06 bits per heavy atom. The molecule has 0 radical (unpaired) electrons. The summed E-state index contributed by atoms with van der Waals surface area (Å²) in [4.78, 5) is 14.7. The van der Waals surface area contributed by atoms with Crippen molar-refractivity contribution in [2.45, 2.75) is 10.4 Å². The first-order chi connectivity index (χ1) is 7.23. The van der Waals surface area contributed by atoms with Crippen LogP contribution < -0.4 is 4.89 Å². The third-order valence-corrected chi connectivity index (χ3v) is 3.81. The number of carbonyl (C=O) groups excluding carboxylic acids is 1. The van der Waals surface area contributed by atoms with Crippen molar-refractivity contribution in [2.24, 2.45) is 0 Å². The molecule has 0 spiro atoms. The lowest BCUT2D eigenvalue weighted by atomic mass is 10.7. The summed E-state index contributed by atoms with van der Waals surface area (Å²) in [5.74, 6) is -2.63. The second-order valence-corrected chi connectivity index (χ2v) is 5.23. The highest BCUT2D eigenvalue weighted by molar-refractivity contribution is 7.91. The molecule has 0 saturated carbocycles. The van der Waals surface area contributed by atoms with Crippen LogP contribution in [0, 0.1) is 0 Å². The maximum atomic E-state index is 11.7. The van der Waals surface area contributed by atoms with E-state index in [0.29, 0.717) is 0 Å². The Kier molecular flexibility index (Phi) is 3.55. The van der Waals surface area contributed by atoms with Crippen molar-refractivity contribution < 1.29 is 31.2 Å². The van der Waals surface area contributed by atoms with Gasteiger partial charge in [-0.25, -0.2) is 13.2 Å². The van der Waals surface area contributed by atoms with Crippen molar-refractivity contribution in [3.8, 4) is 0 Å². The highest BCUT2D eigenvalue weighted by Gasteiger charge is 2.42. The molecule has 16 heavy (non-hydrogen) atoms. The molecule has 0 aromatic carbocycles. The lowest BCUT2D eigenvalue weighted by Gasteiger charge is -2.06. The maximum Gasteiger partial charge on any atom is 0.492 e. The number of sulfonamides is 1. The van der Waals surface area contributed by atoms with Crippen LogP contribution in [0.25, 0.3) is 0 Å². The molecule has 1 N–H and O–H groups in total. The van der Waals surface area contributed by atoms with Crippen LogP contribution in [0.5, 0.6) is 0 Å². The monoisotopic (exact) mass is 275 g/mol. The minimum absolute atomic E-state index is 0.262. The molecule has 0 bridgehead atoms. The quantitative estimate of drug-likeness (QED) is 0.837. The molecule has 1 aromatic heterocycles. The molecule has 0 fully saturated rings. The second-order valence-electron chi connectivity index (χ2n) is 2.41. The summed E-state index contributed by atoms with van der Waals surface area (Å²) in [7, 11) is -4.25. The predicted molar refractivity (Wildman–Crippen MR) is 46.8 cm³/mol. The summed E-state index contributed by atoms with van der Waals surface area (Å²) < 4.78 is 57.1. The third-order valence-electron chi connectivity index (χ3n) is 1.24. The fraction of sp³-hybridized carbons (Fsp3) is 0.167. The van der Waals surface area contributed by atoms with Crippen molar-refractivity contribution in [1.82, 2.24) is 4.89 Å². The van der Waals surface area contributed by atoms with Crippen molar-refractivity contribution in [3.63, 3.8) is 0 Å². The van der Waals surface area contributed by atoms with Crippen LogP contribution in [0.4, 0.5) is 13.2 Å². The Hall–Kier alpha value is -1.13. The van der Waals surface area contributed by atoms with Gasteiger partial charge in [0, 0.05) is 0 Å². The van der Waals surface area contributed by atoms with E-state index in [1.165, 1.54) is 11.4 Å². The van der Waals surface area contributed by atoms with E-state index >= 15 is 0 Å². The lowest BCUT2D eigenvalue weighted by molar-refractivity contribution is -0.203. The summed E-state index contributed by atoms with van der Waals surface area (Å²) in [6.45, 7) is 0. The number of alkyl halides is 3. The number of rotatable bonds is 3. The molecule has 0 aliphatic rings. The largest absolute Gasteiger partial charge is 0.492 e. The number of carbonyl (C=O) groups is 1. The Labute approximate surface area is 91.8 Å². The summed E-state index contributed by atoms with van der Waals surface area (Å²) in [6.07, 6.45) is -5.25. The van der Waals surface area contributed by atoms with Gasteiger partial charge in [0.25, 0.3) is 10.0 Å². The second kappa shape index (κ2) is 4.39. The van der Waals surface area contributed by atoms with Crippen molar-refractivity contribution in [2.75, 3.05) is 0 Å². The lowest BCUT2D eigenvalue weighted by Crippen LogP contribution is -2.34. The van der Waals surface area contributed by atoms with Gasteiger partial charge in [-0.05, 0) is 16.3 Å². The van der Waals surface area contributed by atoms with E-state index < -0.39 is 22.2 Å². The van der Waals surface area contributed by atoms with E-state index in [2.05, 4.69) is 4.84 Å². The predicted octanol–water partition coefficient (Wildman–Crippen LogP) is 1.05. The molecule has 1 rings (SSSR count). The smallest absolute Gasteiger partial charge is 0.348 e. The fourth-order valence-corrected chi connectivity index (χ4v) is 2.36. The minimum atomic E-state index is -5.25. The standard InChI is InChI=1S/C6H4F3NO4S2/c7-6(8,9)5(11)14-10-16(12,13)4-2-1-3-15-4/h1-3,10H. The number of halogens is 3. The number of thiophene rings is 1. The molecule has 1 heterocycles. The molecule has 10 heteroatoms. The first-order valence-electron chi connectivity index (χ1n) is 3.57. The van der Waals surface area contributed by atoms with Gasteiger partial charge in [0.1, 0.15) is 4.21 Å². The van der Waals surface area contributed by atoms with E-state index in [4.69, 9.17) is 0 Å². The molecule has 0 aliphatic carbocycles. The molecular weight excluding hydrogens is 271 g/mol. The topological polar surface area (TPSA) is 72.5 Å². The molecule has 0 saturated heterocycles. The van der Waals surface area contributed by atoms with E-state index in [9.17, 15) is 26.4 Å². The van der Waals surface area contributed by atoms with Crippen LogP contribution in [0.15, 0.2) is 21.7 Å². The Morgan fingerprint density at radius 3 is 2.50 bits per heavy atom. The normalized spacial score (nSPS) is 12.4. The van der Waals surface area contributed by atoms with Crippen molar-refractivity contribution >= 4 is 27.3 Å². The van der Waals surface area contributed by atoms with Crippen LogP contribution in [0.3, 0.4) is 0 Å². The molecule has 0 unspecified atom stereocenters. The molecule has 1 aromatic rings. The van der Waals surface area contributed by atoms with E-state index in [1.54, 1.807) is 0 Å². The van der Waals surface area contributed by atoms with Gasteiger partial charge in [-0.15, -0.1) is 11.3 Å². The maximum absolute atomic E-state index is 11.7. The van der Waals surface area contributed by atoms with Gasteiger partial charge >= 0.3 is 12.1 Å². The summed E-state index contributed by atoms with van der Waals surface area (Å²) >= 11 is 0.766. The molecular formula is C6H4F3NO4S2. The van der Waals surface area contributed by atoms with E-state index in [0.717, 1.165) is 22.3 Å². The van der Waals surface area contributed by atoms with E-state index in [1.807, 2.05) is 0 Å². The van der Waals surface area contributed by atoms with Gasteiger partial charge < -0.3 is 4.84 Å². The molecule has 5 nitrogen and oxygen atoms in total. The highest BCUT2D eigenvalue weighted by atomic mass is 32.2. The fourth-order valence-electron chi connectivity index (χ4n) is 0.608. The first-order valence-corrected chi connectivity index (χ1v) is 5.93. The van der Waals surface area contributed by atoms with Crippen LogP contribution >= 0.6 is 11.3 Å². The van der Waals surface area contributed by atoms with Crippen LogP contribution in [-0.4, -0.2) is 20.6 Å². The van der Waals surface area contributed by atoms with Gasteiger partial charge in [0.15, 0.2) is 0 Å². The van der Waals surface area contributed by atoms with Gasteiger partial charge in [-0.2, -0.15) is 13.2 Å². The number of hydrogen-bond acceptors (Lipinski definition) is 5. The molecule has 0 amide bonds. The highest BCUT2D eigenvalue weighted by Crippen LogP contribution is 2.18. The van der Waals surface area contributed by atoms with Crippen LogP contribution in [0.2, 0.25) is 0 Å². The zero-order valence-electron chi connectivity index (χ0n) is 7.32. The molecule has 0 atom stereocenters. The average molecular weight is 275 g/mol. The summed E-state index contributed by atoms with van der Waals surface area (Å²) in [5.41, 5.74) is 0. The SMILES string of the molecule is O=C(ONS(=O)(=O)c1cccs1)C(F)(F)F. The van der Waals surface area contributed by atoms with Gasteiger partial charge in [-0.1, -0.05) is 6.07 Å². The Bertz CT molecular complexity index is 464. The molecule has 0 aliphatic heterocycles. The van der Waals surface area contributed by atoms with E-state index in [-0.39, 0.29) is 4.21 Å². The summed E-state index contributed by atoms with van der Waals surface area (Å²) in [6, 6.07) is 2.53. The minimum Gasteiger partial charge on any atom is -0.348 e. The van der Waals surface area contributed by atoms with Gasteiger partial charge in [0.2, 0.25) is 0 Å². The average Bonchev–Trinajstić information content (AvgIpc) is 2.65. The van der Waals surface area contributed by atoms with Crippen LogP contribution in [-0.2, 0) is 19.7 Å². The van der Waals surface area contributed by atoms with Gasteiger partial charge in [0.05, 0.1) is 0 Å². The zero-order valence-corrected chi connectivity index (χ0v) is 8.95.